The zero-order chi connectivity index (χ0) is 50.0. The van der Waals surface area contributed by atoms with E-state index in [0.717, 1.165) is 103 Å². The maximum absolute atomic E-state index is 12.8. The van der Waals surface area contributed by atoms with Crippen molar-refractivity contribution >= 4 is 17.9 Å². The maximum atomic E-state index is 12.8. The van der Waals surface area contributed by atoms with Crippen molar-refractivity contribution in [2.45, 2.75) is 258 Å². The van der Waals surface area contributed by atoms with E-state index in [1.807, 2.05) is 0 Å². The van der Waals surface area contributed by atoms with Crippen molar-refractivity contribution in [3.05, 3.63) is 109 Å². The molecule has 0 saturated carbocycles. The molecule has 0 aromatic carbocycles. The molecule has 0 saturated heterocycles. The summed E-state index contributed by atoms with van der Waals surface area (Å²) in [5.41, 5.74) is 0. The van der Waals surface area contributed by atoms with Crippen LogP contribution in [0.4, 0.5) is 0 Å². The fourth-order valence-corrected chi connectivity index (χ4v) is 7.52. The van der Waals surface area contributed by atoms with Crippen molar-refractivity contribution in [2.75, 3.05) is 13.2 Å². The van der Waals surface area contributed by atoms with Crippen LogP contribution in [0.5, 0.6) is 0 Å². The van der Waals surface area contributed by atoms with Gasteiger partial charge in [-0.1, -0.05) is 239 Å². The van der Waals surface area contributed by atoms with Gasteiger partial charge in [0.1, 0.15) is 13.2 Å². The number of allylic oxidation sites excluding steroid dienone is 18. The van der Waals surface area contributed by atoms with Gasteiger partial charge in [-0.05, 0) is 103 Å². The Morgan fingerprint density at radius 2 is 0.580 bits per heavy atom. The lowest BCUT2D eigenvalue weighted by Gasteiger charge is -2.18. The second kappa shape index (κ2) is 56.7. The SMILES string of the molecule is CC/C=C/C/C=C/C/C=C/C/C=C/C/C=C/CCCCCC(=O)OC[C@@H](COC(=O)CCCCCCCCCCCCCCCCC)OC(=O)CCC/C=C/C/C=C/C/C=C/C/C=C/CCCCC. The molecule has 0 N–H and O–H groups in total. The van der Waals surface area contributed by atoms with Gasteiger partial charge in [0.15, 0.2) is 6.10 Å². The van der Waals surface area contributed by atoms with Gasteiger partial charge in [0, 0.05) is 19.3 Å². The molecule has 0 fully saturated rings. The largest absolute Gasteiger partial charge is 0.462 e. The molecule has 6 heteroatoms. The second-order valence-electron chi connectivity index (χ2n) is 18.5. The number of hydrogen-bond acceptors (Lipinski definition) is 6. The van der Waals surface area contributed by atoms with Gasteiger partial charge in [0.2, 0.25) is 0 Å². The normalized spacial score (nSPS) is 12.9. The summed E-state index contributed by atoms with van der Waals surface area (Å²) in [5, 5.41) is 0. The van der Waals surface area contributed by atoms with E-state index in [1.54, 1.807) is 0 Å². The van der Waals surface area contributed by atoms with Gasteiger partial charge >= 0.3 is 17.9 Å². The van der Waals surface area contributed by atoms with Gasteiger partial charge in [-0.15, -0.1) is 0 Å². The minimum absolute atomic E-state index is 0.110. The monoisotopic (exact) mass is 957 g/mol. The van der Waals surface area contributed by atoms with Crippen LogP contribution in [-0.4, -0.2) is 37.2 Å². The number of esters is 3. The minimum atomic E-state index is -0.821. The summed E-state index contributed by atoms with van der Waals surface area (Å²) in [5.74, 6) is -0.999. The average molecular weight is 958 g/mol. The predicted octanol–water partition coefficient (Wildman–Crippen LogP) is 19.1. The smallest absolute Gasteiger partial charge is 0.306 e. The fraction of sp³-hybridized carbons (Fsp3) is 0.667. The summed E-state index contributed by atoms with van der Waals surface area (Å²) in [6.45, 7) is 6.43. The van der Waals surface area contributed by atoms with E-state index < -0.39 is 6.10 Å². The Balaban J connectivity index is 4.54. The van der Waals surface area contributed by atoms with E-state index in [-0.39, 0.29) is 37.5 Å². The molecule has 0 heterocycles. The third kappa shape index (κ3) is 54.9. The number of carbonyl (C=O) groups is 3. The molecule has 6 nitrogen and oxygen atoms in total. The minimum Gasteiger partial charge on any atom is -0.462 e. The van der Waals surface area contributed by atoms with E-state index in [0.29, 0.717) is 19.3 Å². The topological polar surface area (TPSA) is 78.9 Å². The Labute approximate surface area is 425 Å². The molecule has 0 spiro atoms. The van der Waals surface area contributed by atoms with Crippen LogP contribution in [0, 0.1) is 0 Å². The lowest BCUT2D eigenvalue weighted by atomic mass is 10.0. The number of hydrogen-bond donors (Lipinski definition) is 0. The molecule has 392 valence electrons. The molecule has 0 aliphatic heterocycles. The van der Waals surface area contributed by atoms with E-state index in [1.165, 1.54) is 103 Å². The molecule has 0 aromatic heterocycles. The van der Waals surface area contributed by atoms with E-state index >= 15 is 0 Å². The highest BCUT2D eigenvalue weighted by molar-refractivity contribution is 5.71. The fourth-order valence-electron chi connectivity index (χ4n) is 7.52. The first kappa shape index (κ1) is 65.1. The van der Waals surface area contributed by atoms with Gasteiger partial charge in [-0.3, -0.25) is 14.4 Å². The second-order valence-corrected chi connectivity index (χ2v) is 18.5. The van der Waals surface area contributed by atoms with Crippen LogP contribution in [0.1, 0.15) is 252 Å². The summed E-state index contributed by atoms with van der Waals surface area (Å²) in [6.07, 6.45) is 76.5. The molecule has 0 amide bonds. The third-order valence-electron chi connectivity index (χ3n) is 11.8. The van der Waals surface area contributed by atoms with Crippen LogP contribution in [0.15, 0.2) is 109 Å². The molecule has 0 bridgehead atoms. The molecular weight excluding hydrogens is 853 g/mol. The number of unbranched alkanes of at least 4 members (excludes halogenated alkanes) is 21. The quantitative estimate of drug-likeness (QED) is 0.0262. The lowest BCUT2D eigenvalue weighted by Crippen LogP contribution is -2.30. The van der Waals surface area contributed by atoms with Crippen molar-refractivity contribution in [1.82, 2.24) is 0 Å². The summed E-state index contributed by atoms with van der Waals surface area (Å²) in [7, 11) is 0. The van der Waals surface area contributed by atoms with Crippen LogP contribution in [-0.2, 0) is 28.6 Å². The molecule has 1 atom stereocenters. The Bertz CT molecular complexity index is 1420. The summed E-state index contributed by atoms with van der Waals surface area (Å²) < 4.78 is 16.8. The van der Waals surface area contributed by atoms with E-state index in [9.17, 15) is 14.4 Å². The van der Waals surface area contributed by atoms with Crippen LogP contribution in [0.3, 0.4) is 0 Å². The van der Waals surface area contributed by atoms with Crippen molar-refractivity contribution in [2.24, 2.45) is 0 Å². The highest BCUT2D eigenvalue weighted by Gasteiger charge is 2.19. The van der Waals surface area contributed by atoms with E-state index in [2.05, 4.69) is 130 Å². The van der Waals surface area contributed by atoms with Crippen molar-refractivity contribution in [3.63, 3.8) is 0 Å². The Morgan fingerprint density at radius 3 is 0.957 bits per heavy atom. The zero-order valence-electron chi connectivity index (χ0n) is 44.8. The summed E-state index contributed by atoms with van der Waals surface area (Å²) >= 11 is 0. The van der Waals surface area contributed by atoms with Crippen molar-refractivity contribution < 1.29 is 28.6 Å². The van der Waals surface area contributed by atoms with Crippen LogP contribution < -0.4 is 0 Å². The zero-order valence-corrected chi connectivity index (χ0v) is 44.8. The number of ether oxygens (including phenoxy) is 3. The summed E-state index contributed by atoms with van der Waals surface area (Å²) in [6, 6.07) is 0. The number of rotatable bonds is 50. The molecule has 0 aliphatic rings. The number of carbonyl (C=O) groups excluding carboxylic acids is 3. The van der Waals surface area contributed by atoms with Gasteiger partial charge in [0.05, 0.1) is 0 Å². The molecular formula is C63H104O6. The maximum Gasteiger partial charge on any atom is 0.306 e. The Kier molecular flexibility index (Phi) is 53.4. The third-order valence-corrected chi connectivity index (χ3v) is 11.8. The molecule has 0 radical (unpaired) electrons. The van der Waals surface area contributed by atoms with Crippen molar-refractivity contribution in [3.8, 4) is 0 Å². The standard InChI is InChI=1S/C63H104O6/c1-4-7-10-13-16-19-22-25-28-30-31-33-35-38-41-44-47-50-53-56-62(65)68-59-60(58-67-61(64)55-52-49-46-43-40-37-34-27-24-21-18-15-12-9-6-3)69-63(66)57-54-51-48-45-42-39-36-32-29-26-23-20-17-14-11-8-5-2/h7,10,16-17,19-20,25-26,28-29,31,33,36,38-39,41,45,48,60H,4-6,8-9,11-15,18,21-24,27,30,32,34-35,37,40,42-44,46-47,49-59H2,1-3H3/b10-7+,19-16+,20-17+,28-25+,29-26+,33-31+,39-36+,41-38+,48-45+/t60-/m1/s1. The molecule has 0 aromatic rings. The molecule has 0 unspecified atom stereocenters. The first-order chi connectivity index (χ1) is 34.0. The molecule has 69 heavy (non-hydrogen) atoms. The lowest BCUT2D eigenvalue weighted by molar-refractivity contribution is -0.167. The average Bonchev–Trinajstić information content (AvgIpc) is 3.35. The molecule has 0 rings (SSSR count). The first-order valence-electron chi connectivity index (χ1n) is 28.4. The van der Waals surface area contributed by atoms with Crippen LogP contribution in [0.2, 0.25) is 0 Å². The van der Waals surface area contributed by atoms with E-state index in [4.69, 9.17) is 14.2 Å². The van der Waals surface area contributed by atoms with Gasteiger partial charge < -0.3 is 14.2 Å². The Hall–Kier alpha value is -3.93. The van der Waals surface area contributed by atoms with Crippen LogP contribution in [0.25, 0.3) is 0 Å². The highest BCUT2D eigenvalue weighted by atomic mass is 16.6. The first-order valence-corrected chi connectivity index (χ1v) is 28.4. The molecule has 0 aliphatic carbocycles. The highest BCUT2D eigenvalue weighted by Crippen LogP contribution is 2.15. The van der Waals surface area contributed by atoms with Crippen LogP contribution >= 0.6 is 0 Å². The van der Waals surface area contributed by atoms with Gasteiger partial charge in [0.25, 0.3) is 0 Å². The van der Waals surface area contributed by atoms with Gasteiger partial charge in [-0.2, -0.15) is 0 Å². The van der Waals surface area contributed by atoms with Gasteiger partial charge in [-0.25, -0.2) is 0 Å². The predicted molar refractivity (Wildman–Crippen MR) is 297 cm³/mol. The van der Waals surface area contributed by atoms with Crippen molar-refractivity contribution in [1.29, 1.82) is 0 Å². The Morgan fingerprint density at radius 1 is 0.304 bits per heavy atom. The summed E-state index contributed by atoms with van der Waals surface area (Å²) in [4.78, 5) is 38.1.